The molecule has 2 aromatic rings. The second-order valence-electron chi connectivity index (χ2n) is 3.35. The Hall–Kier alpha value is -2.37. The van der Waals surface area contributed by atoms with E-state index in [-0.39, 0.29) is 0 Å². The lowest BCUT2D eigenvalue weighted by atomic mass is 10.2. The molecule has 17 heavy (non-hydrogen) atoms. The number of hydrogen-bond donors (Lipinski definition) is 2. The van der Waals surface area contributed by atoms with Crippen molar-refractivity contribution in [3.05, 3.63) is 36.3 Å². The molecule has 0 amide bonds. The van der Waals surface area contributed by atoms with E-state index in [0.29, 0.717) is 24.1 Å². The highest BCUT2D eigenvalue weighted by molar-refractivity contribution is 5.55. The van der Waals surface area contributed by atoms with Crippen molar-refractivity contribution < 1.29 is 4.74 Å². The first kappa shape index (κ1) is 11.1. The fourth-order valence-electron chi connectivity index (χ4n) is 1.34. The van der Waals surface area contributed by atoms with Gasteiger partial charge in [0.2, 0.25) is 5.88 Å². The first-order chi connectivity index (χ1) is 8.29. The molecule has 0 atom stereocenters. The number of nitrogen functional groups attached to an aromatic ring is 1. The second kappa shape index (κ2) is 5.11. The highest BCUT2D eigenvalue weighted by Gasteiger charge is 2.01. The quantitative estimate of drug-likeness (QED) is 0.818. The van der Waals surface area contributed by atoms with Crippen molar-refractivity contribution in [2.24, 2.45) is 0 Å². The number of nitrogens with two attached hydrogens (primary N) is 1. The minimum atomic E-state index is 0.383. The Morgan fingerprint density at radius 2 is 2.06 bits per heavy atom. The van der Waals surface area contributed by atoms with Gasteiger partial charge in [0.25, 0.3) is 0 Å². The van der Waals surface area contributed by atoms with Crippen molar-refractivity contribution in [2.75, 3.05) is 18.2 Å². The van der Waals surface area contributed by atoms with Gasteiger partial charge in [0.15, 0.2) is 11.6 Å². The zero-order valence-electron chi connectivity index (χ0n) is 9.42. The Kier molecular flexibility index (Phi) is 3.34. The molecule has 0 aliphatic carbocycles. The first-order valence-corrected chi connectivity index (χ1v) is 5.09. The average Bonchev–Trinajstić information content (AvgIpc) is 2.38. The van der Waals surface area contributed by atoms with E-state index in [4.69, 9.17) is 10.5 Å². The van der Waals surface area contributed by atoms with Crippen molar-refractivity contribution in [3.63, 3.8) is 0 Å². The van der Waals surface area contributed by atoms with Crippen LogP contribution in [0.3, 0.4) is 0 Å². The minimum absolute atomic E-state index is 0.383. The monoisotopic (exact) mass is 231 g/mol. The third kappa shape index (κ3) is 2.81. The van der Waals surface area contributed by atoms with Crippen LogP contribution >= 0.6 is 0 Å². The van der Waals surface area contributed by atoms with Gasteiger partial charge in [-0.25, -0.2) is 15.0 Å². The Morgan fingerprint density at radius 1 is 1.24 bits per heavy atom. The lowest BCUT2D eigenvalue weighted by Crippen LogP contribution is -2.05. The van der Waals surface area contributed by atoms with E-state index in [1.165, 1.54) is 0 Å². The van der Waals surface area contributed by atoms with Crippen LogP contribution in [0.5, 0.6) is 5.88 Å². The van der Waals surface area contributed by atoms with Crippen LogP contribution in [0.4, 0.5) is 11.6 Å². The summed E-state index contributed by atoms with van der Waals surface area (Å²) in [6.45, 7) is 0.585. The predicted octanol–water partition coefficient (Wildman–Crippen LogP) is 1.07. The van der Waals surface area contributed by atoms with E-state index in [0.717, 1.165) is 5.56 Å². The molecule has 6 heteroatoms. The number of rotatable bonds is 4. The molecule has 2 heterocycles. The molecular weight excluding hydrogens is 218 g/mol. The summed E-state index contributed by atoms with van der Waals surface area (Å²) in [5, 5.41) is 3.10. The lowest BCUT2D eigenvalue weighted by molar-refractivity contribution is 0.397. The number of anilines is 2. The standard InChI is InChI=1S/C11H13N5O/c1-17-9-6-8(2-3-13-9)7-16-11-10(12)14-4-5-15-11/h2-6H,7H2,1H3,(H2,12,14)(H,15,16). The number of pyridine rings is 1. The van der Waals surface area contributed by atoms with Crippen molar-refractivity contribution in [2.45, 2.75) is 6.54 Å². The minimum Gasteiger partial charge on any atom is -0.481 e. The Balaban J connectivity index is 2.05. The summed E-state index contributed by atoms with van der Waals surface area (Å²) >= 11 is 0. The molecule has 6 nitrogen and oxygen atoms in total. The van der Waals surface area contributed by atoms with Gasteiger partial charge in [-0.1, -0.05) is 0 Å². The molecule has 0 bridgehead atoms. The molecule has 88 valence electrons. The van der Waals surface area contributed by atoms with Crippen LogP contribution in [-0.4, -0.2) is 22.1 Å². The van der Waals surface area contributed by atoms with Crippen molar-refractivity contribution in [1.29, 1.82) is 0 Å². The fourth-order valence-corrected chi connectivity index (χ4v) is 1.34. The Morgan fingerprint density at radius 3 is 2.82 bits per heavy atom. The van der Waals surface area contributed by atoms with Crippen LogP contribution in [0.25, 0.3) is 0 Å². The third-order valence-corrected chi connectivity index (χ3v) is 2.19. The molecule has 0 aliphatic heterocycles. The van der Waals surface area contributed by atoms with Gasteiger partial charge in [0.05, 0.1) is 7.11 Å². The molecule has 0 unspecified atom stereocenters. The van der Waals surface area contributed by atoms with Gasteiger partial charge in [0.1, 0.15) is 0 Å². The number of hydrogen-bond acceptors (Lipinski definition) is 6. The summed E-state index contributed by atoms with van der Waals surface area (Å²) in [5.74, 6) is 1.54. The number of methoxy groups -OCH3 is 1. The summed E-state index contributed by atoms with van der Waals surface area (Å²) < 4.78 is 5.04. The maximum absolute atomic E-state index is 5.67. The smallest absolute Gasteiger partial charge is 0.213 e. The van der Waals surface area contributed by atoms with Gasteiger partial charge in [-0.05, 0) is 11.6 Å². The van der Waals surface area contributed by atoms with Crippen LogP contribution in [-0.2, 0) is 6.54 Å². The molecule has 0 fully saturated rings. The molecule has 0 saturated heterocycles. The van der Waals surface area contributed by atoms with Crippen LogP contribution < -0.4 is 15.8 Å². The lowest BCUT2D eigenvalue weighted by Gasteiger charge is -2.07. The zero-order chi connectivity index (χ0) is 12.1. The van der Waals surface area contributed by atoms with Crippen LogP contribution in [0, 0.1) is 0 Å². The van der Waals surface area contributed by atoms with Crippen LogP contribution in [0.1, 0.15) is 5.56 Å². The molecule has 0 aliphatic rings. The van der Waals surface area contributed by atoms with E-state index >= 15 is 0 Å². The molecule has 2 rings (SSSR count). The van der Waals surface area contributed by atoms with Gasteiger partial charge in [0, 0.05) is 31.2 Å². The maximum Gasteiger partial charge on any atom is 0.213 e. The highest BCUT2D eigenvalue weighted by Crippen LogP contribution is 2.13. The number of nitrogens with one attached hydrogen (secondary N) is 1. The summed E-state index contributed by atoms with van der Waals surface area (Å²) in [6, 6.07) is 3.74. The van der Waals surface area contributed by atoms with Gasteiger partial charge in [-0.15, -0.1) is 0 Å². The number of aromatic nitrogens is 3. The van der Waals surface area contributed by atoms with Crippen molar-refractivity contribution in [3.8, 4) is 5.88 Å². The highest BCUT2D eigenvalue weighted by atomic mass is 16.5. The van der Waals surface area contributed by atoms with Gasteiger partial charge < -0.3 is 15.8 Å². The third-order valence-electron chi connectivity index (χ3n) is 2.19. The molecule has 2 aromatic heterocycles. The van der Waals surface area contributed by atoms with Gasteiger partial charge >= 0.3 is 0 Å². The summed E-state index contributed by atoms with van der Waals surface area (Å²) in [6.07, 6.45) is 4.83. The van der Waals surface area contributed by atoms with E-state index in [1.807, 2.05) is 12.1 Å². The van der Waals surface area contributed by atoms with E-state index in [2.05, 4.69) is 20.3 Å². The van der Waals surface area contributed by atoms with Gasteiger partial charge in [-0.3, -0.25) is 0 Å². The number of ether oxygens (including phenoxy) is 1. The van der Waals surface area contributed by atoms with Crippen molar-refractivity contribution >= 4 is 11.6 Å². The van der Waals surface area contributed by atoms with E-state index in [9.17, 15) is 0 Å². The van der Waals surface area contributed by atoms with E-state index in [1.54, 1.807) is 25.7 Å². The molecule has 0 radical (unpaired) electrons. The summed E-state index contributed by atoms with van der Waals surface area (Å²) in [7, 11) is 1.58. The SMILES string of the molecule is COc1cc(CNc2nccnc2N)ccn1. The largest absolute Gasteiger partial charge is 0.481 e. The molecule has 0 aromatic carbocycles. The first-order valence-electron chi connectivity index (χ1n) is 5.09. The van der Waals surface area contributed by atoms with Crippen LogP contribution in [0.15, 0.2) is 30.7 Å². The van der Waals surface area contributed by atoms with Gasteiger partial charge in [-0.2, -0.15) is 0 Å². The van der Waals surface area contributed by atoms with Crippen molar-refractivity contribution in [1.82, 2.24) is 15.0 Å². The Bertz CT molecular complexity index is 503. The second-order valence-corrected chi connectivity index (χ2v) is 3.35. The summed E-state index contributed by atoms with van der Waals surface area (Å²) in [4.78, 5) is 12.1. The molecular formula is C11H13N5O. The fraction of sp³-hybridized carbons (Fsp3) is 0.182. The predicted molar refractivity (Wildman–Crippen MR) is 64.6 cm³/mol. The zero-order valence-corrected chi connectivity index (χ0v) is 9.42. The average molecular weight is 231 g/mol. The van der Waals surface area contributed by atoms with Crippen LogP contribution in [0.2, 0.25) is 0 Å². The topological polar surface area (TPSA) is 86.0 Å². The normalized spacial score (nSPS) is 9.94. The summed E-state index contributed by atoms with van der Waals surface area (Å²) in [5.41, 5.74) is 6.70. The maximum atomic E-state index is 5.67. The molecule has 0 saturated carbocycles. The Labute approximate surface area is 98.9 Å². The molecule has 0 spiro atoms. The molecule has 3 N–H and O–H groups in total. The number of nitrogens with zero attached hydrogens (tertiary/aromatic N) is 3. The van der Waals surface area contributed by atoms with E-state index < -0.39 is 0 Å².